The summed E-state index contributed by atoms with van der Waals surface area (Å²) in [5, 5.41) is 16.0. The molecule has 0 saturated carbocycles. The van der Waals surface area contributed by atoms with Crippen LogP contribution in [0.2, 0.25) is 0 Å². The normalized spacial score (nSPS) is 15.7. The lowest BCUT2D eigenvalue weighted by molar-refractivity contribution is -0.115. The molecule has 0 aromatic carbocycles. The Morgan fingerprint density at radius 2 is 1.13 bits per heavy atom. The van der Waals surface area contributed by atoms with E-state index in [9.17, 15) is 9.59 Å². The minimum Gasteiger partial charge on any atom is -0.344 e. The zero-order valence-corrected chi connectivity index (χ0v) is 8.69. The molecule has 0 radical (unpaired) electrons. The Hall–Kier alpha value is -1.66. The Kier molecular flexibility index (Phi) is 4.20. The molecule has 3 N–H and O–H groups in total. The van der Waals surface area contributed by atoms with Crippen LogP contribution in [0.5, 0.6) is 0 Å². The molecule has 0 atom stereocenters. The molecule has 0 fully saturated rings. The molecule has 7 heteroatoms. The van der Waals surface area contributed by atoms with Crippen molar-refractivity contribution < 1.29 is 9.59 Å². The molecule has 1 aliphatic carbocycles. The highest BCUT2D eigenvalue weighted by Crippen LogP contribution is 2.28. The predicted molar refractivity (Wildman–Crippen MR) is 52.0 cm³/mol. The molecular weight excluding hydrogens is 241 g/mol. The van der Waals surface area contributed by atoms with E-state index in [2.05, 4.69) is 0 Å². The molecule has 0 aromatic rings. The summed E-state index contributed by atoms with van der Waals surface area (Å²) >= 11 is 10.8. The van der Waals surface area contributed by atoms with Gasteiger partial charge in [0.2, 0.25) is 11.6 Å². The first kappa shape index (κ1) is 13.3. The number of hydrogen-bond acceptors (Lipinski definition) is 5. The van der Waals surface area contributed by atoms with Gasteiger partial charge < -0.3 is 6.15 Å². The zero-order chi connectivity index (χ0) is 10.9. The first-order valence-corrected chi connectivity index (χ1v) is 3.99. The third-order valence-corrected chi connectivity index (χ3v) is 2.34. The van der Waals surface area contributed by atoms with Crippen LogP contribution in [0.4, 0.5) is 0 Å². The third-order valence-electron chi connectivity index (χ3n) is 1.52. The van der Waals surface area contributed by atoms with Crippen molar-refractivity contribution in [1.82, 2.24) is 6.15 Å². The summed E-state index contributed by atoms with van der Waals surface area (Å²) < 4.78 is 0. The Labute approximate surface area is 94.8 Å². The molecule has 0 spiro atoms. The number of halogens is 2. The van der Waals surface area contributed by atoms with Crippen molar-refractivity contribution in [2.24, 2.45) is 0 Å². The van der Waals surface area contributed by atoms with Gasteiger partial charge in [-0.15, -0.1) is 0 Å². The first-order chi connectivity index (χ1) is 6.54. The fraction of sp³-hybridized carbons (Fsp3) is 0. The number of ketones is 2. The standard InChI is InChI=1S/C8Cl2N2O2.H3N/c9-5-6(10)8(14)4(2-12)3(1-11)7(5)13;/h;1H3. The second-order valence-electron chi connectivity index (χ2n) is 2.26. The van der Waals surface area contributed by atoms with Crippen molar-refractivity contribution in [1.29, 1.82) is 10.5 Å². The fourth-order valence-corrected chi connectivity index (χ4v) is 1.22. The van der Waals surface area contributed by atoms with Gasteiger partial charge in [0.25, 0.3) is 0 Å². The van der Waals surface area contributed by atoms with Crippen molar-refractivity contribution >= 4 is 34.8 Å². The number of rotatable bonds is 0. The van der Waals surface area contributed by atoms with Gasteiger partial charge in [-0.25, -0.2) is 0 Å². The van der Waals surface area contributed by atoms with Crippen molar-refractivity contribution in [3.63, 3.8) is 0 Å². The van der Waals surface area contributed by atoms with E-state index < -0.39 is 32.8 Å². The highest BCUT2D eigenvalue weighted by Gasteiger charge is 2.33. The van der Waals surface area contributed by atoms with Gasteiger partial charge >= 0.3 is 0 Å². The molecule has 5 nitrogen and oxygen atoms in total. The molecule has 0 amide bonds. The molecule has 0 unspecified atom stereocenters. The summed E-state index contributed by atoms with van der Waals surface area (Å²) in [6.07, 6.45) is 0. The summed E-state index contributed by atoms with van der Waals surface area (Å²) in [5.41, 5.74) is -1.13. The Bertz CT molecular complexity index is 447. The van der Waals surface area contributed by atoms with Gasteiger partial charge in [0.1, 0.15) is 33.3 Å². The molecule has 1 rings (SSSR count). The van der Waals surface area contributed by atoms with Crippen molar-refractivity contribution in [3.05, 3.63) is 21.2 Å². The monoisotopic (exact) mass is 243 g/mol. The zero-order valence-electron chi connectivity index (χ0n) is 7.17. The van der Waals surface area contributed by atoms with E-state index in [1.807, 2.05) is 0 Å². The molecule has 0 heterocycles. The van der Waals surface area contributed by atoms with Crippen molar-refractivity contribution in [2.45, 2.75) is 0 Å². The maximum atomic E-state index is 11.2. The largest absolute Gasteiger partial charge is 0.344 e. The Morgan fingerprint density at radius 1 is 0.867 bits per heavy atom. The number of carbonyl (C=O) groups is 2. The van der Waals surface area contributed by atoms with Crippen molar-refractivity contribution in [2.75, 3.05) is 0 Å². The SMILES string of the molecule is N.N#CC1=C(C#N)C(=O)C(Cl)=C(Cl)C1=O. The second-order valence-corrected chi connectivity index (χ2v) is 3.02. The highest BCUT2D eigenvalue weighted by atomic mass is 35.5. The maximum absolute atomic E-state index is 11.2. The van der Waals surface area contributed by atoms with Crippen LogP contribution in [0.25, 0.3) is 0 Å². The molecule has 0 bridgehead atoms. The molecule has 15 heavy (non-hydrogen) atoms. The molecule has 76 valence electrons. The van der Waals surface area contributed by atoms with Gasteiger partial charge in [-0.3, -0.25) is 9.59 Å². The minimum absolute atomic E-state index is 0. The van der Waals surface area contributed by atoms with Crippen LogP contribution in [0, 0.1) is 22.7 Å². The molecule has 0 aliphatic heterocycles. The van der Waals surface area contributed by atoms with Crippen LogP contribution in [0.3, 0.4) is 0 Å². The lowest BCUT2D eigenvalue weighted by Crippen LogP contribution is -2.18. The average molecular weight is 244 g/mol. The predicted octanol–water partition coefficient (Wildman–Crippen LogP) is 1.33. The van der Waals surface area contributed by atoms with Gasteiger partial charge in [-0.1, -0.05) is 23.2 Å². The minimum atomic E-state index is -0.893. The van der Waals surface area contributed by atoms with E-state index >= 15 is 0 Å². The summed E-state index contributed by atoms with van der Waals surface area (Å²) in [6, 6.07) is 2.89. The van der Waals surface area contributed by atoms with Gasteiger partial charge in [0.05, 0.1) is 0 Å². The number of carbonyl (C=O) groups excluding carboxylic acids is 2. The highest BCUT2D eigenvalue weighted by molar-refractivity contribution is 6.59. The van der Waals surface area contributed by atoms with Gasteiger partial charge in [-0.05, 0) is 0 Å². The summed E-state index contributed by atoms with van der Waals surface area (Å²) in [5.74, 6) is -1.79. The molecule has 0 saturated heterocycles. The van der Waals surface area contributed by atoms with E-state index in [-0.39, 0.29) is 6.15 Å². The summed E-state index contributed by atoms with van der Waals surface area (Å²) in [6.45, 7) is 0. The van der Waals surface area contributed by atoms with Crippen LogP contribution in [-0.4, -0.2) is 11.6 Å². The lowest BCUT2D eigenvalue weighted by atomic mass is 9.96. The van der Waals surface area contributed by atoms with Crippen LogP contribution < -0.4 is 6.15 Å². The molecular formula is C8H3Cl2N3O2. The first-order valence-electron chi connectivity index (χ1n) is 3.23. The summed E-state index contributed by atoms with van der Waals surface area (Å²) in [7, 11) is 0. The van der Waals surface area contributed by atoms with Crippen molar-refractivity contribution in [3.8, 4) is 12.1 Å². The lowest BCUT2D eigenvalue weighted by Gasteiger charge is -2.08. The van der Waals surface area contributed by atoms with Crippen LogP contribution in [-0.2, 0) is 9.59 Å². The number of hydrogen-bond donors (Lipinski definition) is 1. The Balaban J connectivity index is 0.00000196. The maximum Gasteiger partial charge on any atom is 0.218 e. The number of Topliss-reactive ketones (excluding diaryl/α,β-unsaturated/α-hetero) is 2. The van der Waals surface area contributed by atoms with Crippen LogP contribution in [0.15, 0.2) is 21.2 Å². The van der Waals surface area contributed by atoms with E-state index in [1.165, 1.54) is 12.1 Å². The topological polar surface area (TPSA) is 117 Å². The van der Waals surface area contributed by atoms with Gasteiger partial charge in [0.15, 0.2) is 0 Å². The Morgan fingerprint density at radius 3 is 1.33 bits per heavy atom. The van der Waals surface area contributed by atoms with Gasteiger partial charge in [0, 0.05) is 0 Å². The van der Waals surface area contributed by atoms with E-state index in [4.69, 9.17) is 33.7 Å². The van der Waals surface area contributed by atoms with E-state index in [0.29, 0.717) is 0 Å². The van der Waals surface area contributed by atoms with E-state index in [1.54, 1.807) is 0 Å². The quantitative estimate of drug-likeness (QED) is 0.645. The molecule has 1 aliphatic rings. The fourth-order valence-electron chi connectivity index (χ4n) is 0.859. The van der Waals surface area contributed by atoms with E-state index in [0.717, 1.165) is 0 Å². The number of allylic oxidation sites excluding steroid dienone is 4. The molecule has 0 aromatic heterocycles. The second kappa shape index (κ2) is 4.72. The van der Waals surface area contributed by atoms with Crippen LogP contribution >= 0.6 is 23.2 Å². The van der Waals surface area contributed by atoms with Crippen LogP contribution in [0.1, 0.15) is 0 Å². The third kappa shape index (κ3) is 1.90. The smallest absolute Gasteiger partial charge is 0.218 e. The average Bonchev–Trinajstić information content (AvgIpc) is 2.20. The number of nitrogens with zero attached hydrogens (tertiary/aromatic N) is 2. The summed E-state index contributed by atoms with van der Waals surface area (Å²) in [4.78, 5) is 22.4. The van der Waals surface area contributed by atoms with Gasteiger partial charge in [-0.2, -0.15) is 10.5 Å². The number of nitriles is 2.